The fraction of sp³-hybridized carbons (Fsp3) is 0.231. The quantitative estimate of drug-likeness (QED) is 0.674. The van der Waals surface area contributed by atoms with Crippen LogP contribution >= 0.6 is 0 Å². The second-order valence-corrected chi connectivity index (χ2v) is 4.38. The van der Waals surface area contributed by atoms with E-state index in [4.69, 9.17) is 5.73 Å². The number of rotatable bonds is 4. The Morgan fingerprint density at radius 2 is 1.95 bits per heavy atom. The van der Waals surface area contributed by atoms with Gasteiger partial charge in [-0.15, -0.1) is 5.10 Å². The minimum absolute atomic E-state index is 0.000770. The Morgan fingerprint density at radius 1 is 1.29 bits per heavy atom. The standard InChI is InChI=1S/C13H16N6O2/c1-3-10(20)15-8-5-4-6-9(7(8)2)16-12(21)11-17-13(14)19-18-11/h4-6H,3H2,1-2H3,(H,15,20)(H,16,21)(H3,14,17,18,19). The van der Waals surface area contributed by atoms with Crippen LogP contribution in [0.1, 0.15) is 29.5 Å². The third-order valence-electron chi connectivity index (χ3n) is 2.89. The number of nitrogens with zero attached hydrogens (tertiary/aromatic N) is 2. The van der Waals surface area contributed by atoms with Gasteiger partial charge < -0.3 is 16.4 Å². The molecule has 110 valence electrons. The lowest BCUT2D eigenvalue weighted by atomic mass is 10.1. The second-order valence-electron chi connectivity index (χ2n) is 4.38. The Balaban J connectivity index is 2.18. The monoisotopic (exact) mass is 288 g/mol. The third kappa shape index (κ3) is 3.35. The number of aromatic nitrogens is 3. The van der Waals surface area contributed by atoms with E-state index in [2.05, 4.69) is 25.8 Å². The number of anilines is 3. The summed E-state index contributed by atoms with van der Waals surface area (Å²) in [5, 5.41) is 11.5. The minimum Gasteiger partial charge on any atom is -0.366 e. The smallest absolute Gasteiger partial charge is 0.293 e. The van der Waals surface area contributed by atoms with E-state index < -0.39 is 5.91 Å². The Labute approximate surface area is 121 Å². The van der Waals surface area contributed by atoms with E-state index in [0.717, 1.165) is 5.56 Å². The second kappa shape index (κ2) is 6.04. The number of aromatic amines is 1. The zero-order valence-electron chi connectivity index (χ0n) is 11.7. The first kappa shape index (κ1) is 14.5. The number of carbonyl (C=O) groups is 2. The molecule has 1 aromatic heterocycles. The van der Waals surface area contributed by atoms with Crippen LogP contribution in [0.25, 0.3) is 0 Å². The minimum atomic E-state index is -0.457. The first-order valence-electron chi connectivity index (χ1n) is 6.40. The van der Waals surface area contributed by atoms with Crippen LogP contribution < -0.4 is 16.4 Å². The molecule has 0 aliphatic rings. The number of nitrogens with two attached hydrogens (primary N) is 1. The van der Waals surface area contributed by atoms with Crippen LogP contribution in [-0.2, 0) is 4.79 Å². The van der Waals surface area contributed by atoms with Crippen LogP contribution in [0.3, 0.4) is 0 Å². The van der Waals surface area contributed by atoms with E-state index >= 15 is 0 Å². The molecular weight excluding hydrogens is 272 g/mol. The summed E-state index contributed by atoms with van der Waals surface area (Å²) in [5.41, 5.74) is 7.33. The van der Waals surface area contributed by atoms with Crippen LogP contribution in [-0.4, -0.2) is 27.0 Å². The van der Waals surface area contributed by atoms with Crippen molar-refractivity contribution in [2.75, 3.05) is 16.4 Å². The topological polar surface area (TPSA) is 126 Å². The normalized spacial score (nSPS) is 10.2. The third-order valence-corrected chi connectivity index (χ3v) is 2.89. The maximum absolute atomic E-state index is 12.0. The molecular formula is C13H16N6O2. The molecule has 0 aliphatic carbocycles. The molecule has 0 saturated carbocycles. The van der Waals surface area contributed by atoms with Crippen molar-refractivity contribution in [1.29, 1.82) is 0 Å². The molecule has 0 aliphatic heterocycles. The van der Waals surface area contributed by atoms with Gasteiger partial charge in [-0.2, -0.15) is 4.98 Å². The Hall–Kier alpha value is -2.90. The molecule has 0 spiro atoms. The highest BCUT2D eigenvalue weighted by atomic mass is 16.2. The summed E-state index contributed by atoms with van der Waals surface area (Å²) < 4.78 is 0. The molecule has 8 heteroatoms. The number of benzene rings is 1. The van der Waals surface area contributed by atoms with Gasteiger partial charge in [0.25, 0.3) is 5.91 Å². The van der Waals surface area contributed by atoms with Crippen molar-refractivity contribution in [3.63, 3.8) is 0 Å². The molecule has 21 heavy (non-hydrogen) atoms. The molecule has 8 nitrogen and oxygen atoms in total. The molecule has 0 unspecified atom stereocenters. The first-order chi connectivity index (χ1) is 10.0. The number of nitrogens with one attached hydrogen (secondary N) is 3. The lowest BCUT2D eigenvalue weighted by Crippen LogP contribution is -2.16. The van der Waals surface area contributed by atoms with E-state index in [0.29, 0.717) is 17.8 Å². The largest absolute Gasteiger partial charge is 0.366 e. The number of hydrogen-bond acceptors (Lipinski definition) is 5. The number of nitrogen functional groups attached to an aromatic ring is 1. The van der Waals surface area contributed by atoms with Crippen molar-refractivity contribution in [2.45, 2.75) is 20.3 Å². The van der Waals surface area contributed by atoms with Gasteiger partial charge >= 0.3 is 0 Å². The van der Waals surface area contributed by atoms with Crippen molar-refractivity contribution in [2.24, 2.45) is 0 Å². The van der Waals surface area contributed by atoms with Gasteiger partial charge in [-0.1, -0.05) is 13.0 Å². The van der Waals surface area contributed by atoms with Crippen LogP contribution in [0.2, 0.25) is 0 Å². The highest BCUT2D eigenvalue weighted by molar-refractivity contribution is 6.03. The van der Waals surface area contributed by atoms with E-state index in [9.17, 15) is 9.59 Å². The SMILES string of the molecule is CCC(=O)Nc1cccc(NC(=O)c2nc(N)n[nH]2)c1C. The molecule has 2 amide bonds. The van der Waals surface area contributed by atoms with Crippen molar-refractivity contribution in [3.8, 4) is 0 Å². The molecule has 5 N–H and O–H groups in total. The molecule has 0 radical (unpaired) electrons. The number of hydrogen-bond donors (Lipinski definition) is 4. The summed E-state index contributed by atoms with van der Waals surface area (Å²) in [5.74, 6) is -0.526. The van der Waals surface area contributed by atoms with Crippen molar-refractivity contribution in [3.05, 3.63) is 29.6 Å². The molecule has 1 heterocycles. The van der Waals surface area contributed by atoms with Crippen molar-refractivity contribution in [1.82, 2.24) is 15.2 Å². The summed E-state index contributed by atoms with van der Waals surface area (Å²) in [6.07, 6.45) is 0.382. The summed E-state index contributed by atoms with van der Waals surface area (Å²) >= 11 is 0. The van der Waals surface area contributed by atoms with Crippen molar-refractivity contribution < 1.29 is 9.59 Å². The van der Waals surface area contributed by atoms with Gasteiger partial charge in [0.05, 0.1) is 0 Å². The van der Waals surface area contributed by atoms with Crippen LogP contribution in [0.15, 0.2) is 18.2 Å². The summed E-state index contributed by atoms with van der Waals surface area (Å²) in [7, 11) is 0. The van der Waals surface area contributed by atoms with Gasteiger partial charge in [0.15, 0.2) is 0 Å². The molecule has 2 aromatic rings. The highest BCUT2D eigenvalue weighted by Crippen LogP contribution is 2.23. The zero-order chi connectivity index (χ0) is 15.4. The lowest BCUT2D eigenvalue weighted by Gasteiger charge is -2.12. The maximum atomic E-state index is 12.0. The summed E-state index contributed by atoms with van der Waals surface area (Å²) in [6, 6.07) is 5.24. The fourth-order valence-corrected chi connectivity index (χ4v) is 1.70. The number of H-pyrrole nitrogens is 1. The van der Waals surface area contributed by atoms with E-state index in [1.165, 1.54) is 0 Å². The van der Waals surface area contributed by atoms with E-state index in [1.807, 2.05) is 0 Å². The molecule has 1 aromatic carbocycles. The van der Waals surface area contributed by atoms with Gasteiger partial charge in [0.1, 0.15) is 0 Å². The molecule has 0 saturated heterocycles. The van der Waals surface area contributed by atoms with Gasteiger partial charge in [0.2, 0.25) is 17.7 Å². The van der Waals surface area contributed by atoms with Crippen LogP contribution in [0, 0.1) is 6.92 Å². The van der Waals surface area contributed by atoms with Gasteiger partial charge in [-0.25, -0.2) is 0 Å². The average Bonchev–Trinajstić information content (AvgIpc) is 2.89. The van der Waals surface area contributed by atoms with Gasteiger partial charge in [0, 0.05) is 17.8 Å². The maximum Gasteiger partial charge on any atom is 0.293 e. The highest BCUT2D eigenvalue weighted by Gasteiger charge is 2.13. The lowest BCUT2D eigenvalue weighted by molar-refractivity contribution is -0.115. The van der Waals surface area contributed by atoms with Crippen molar-refractivity contribution >= 4 is 29.1 Å². The van der Waals surface area contributed by atoms with E-state index in [-0.39, 0.29) is 17.7 Å². The predicted octanol–water partition coefficient (Wildman–Crippen LogP) is 1.30. The molecule has 0 atom stereocenters. The fourth-order valence-electron chi connectivity index (χ4n) is 1.70. The molecule has 0 bridgehead atoms. The Kier molecular flexibility index (Phi) is 4.17. The van der Waals surface area contributed by atoms with Crippen LogP contribution in [0.4, 0.5) is 17.3 Å². The van der Waals surface area contributed by atoms with Gasteiger partial charge in [-0.3, -0.25) is 14.7 Å². The van der Waals surface area contributed by atoms with Crippen LogP contribution in [0.5, 0.6) is 0 Å². The Bertz CT molecular complexity index is 679. The summed E-state index contributed by atoms with van der Waals surface area (Å²) in [4.78, 5) is 27.2. The zero-order valence-corrected chi connectivity index (χ0v) is 11.7. The number of carbonyl (C=O) groups excluding carboxylic acids is 2. The predicted molar refractivity (Wildman–Crippen MR) is 78.8 cm³/mol. The van der Waals surface area contributed by atoms with E-state index in [1.54, 1.807) is 32.0 Å². The molecule has 2 rings (SSSR count). The summed E-state index contributed by atoms with van der Waals surface area (Å²) in [6.45, 7) is 3.57. The first-order valence-corrected chi connectivity index (χ1v) is 6.40. The van der Waals surface area contributed by atoms with Gasteiger partial charge in [-0.05, 0) is 24.6 Å². The Morgan fingerprint density at radius 3 is 2.52 bits per heavy atom. The average molecular weight is 288 g/mol. The number of amides is 2. The molecule has 0 fully saturated rings.